The number of ether oxygens (including phenoxy) is 1. The summed E-state index contributed by atoms with van der Waals surface area (Å²) in [6.07, 6.45) is -0.365. The summed E-state index contributed by atoms with van der Waals surface area (Å²) in [6, 6.07) is 5.46. The van der Waals surface area contributed by atoms with E-state index < -0.39 is 11.9 Å². The predicted molar refractivity (Wildman–Crippen MR) is 57.6 cm³/mol. The molecule has 0 atom stereocenters. The van der Waals surface area contributed by atoms with Crippen LogP contribution in [-0.4, -0.2) is 17.0 Å². The number of carboxylic acid groups (broad SMARTS) is 1. The summed E-state index contributed by atoms with van der Waals surface area (Å²) in [5.74, 6) is -2.29. The van der Waals surface area contributed by atoms with Gasteiger partial charge in [-0.1, -0.05) is 18.7 Å². The first-order valence-electron chi connectivity index (χ1n) is 4.80. The van der Waals surface area contributed by atoms with Crippen LogP contribution >= 0.6 is 0 Å². The van der Waals surface area contributed by atoms with Gasteiger partial charge >= 0.3 is 11.9 Å². The molecule has 90 valence electrons. The van der Waals surface area contributed by atoms with Crippen molar-refractivity contribution in [1.82, 2.24) is 0 Å². The Kier molecular flexibility index (Phi) is 4.39. The minimum atomic E-state index is -1.23. The second-order valence-corrected chi connectivity index (χ2v) is 3.37. The van der Waals surface area contributed by atoms with E-state index in [4.69, 9.17) is 9.84 Å². The molecule has 0 aliphatic heterocycles. The van der Waals surface area contributed by atoms with E-state index in [0.29, 0.717) is 5.56 Å². The smallest absolute Gasteiger partial charge is 0.331 e. The summed E-state index contributed by atoms with van der Waals surface area (Å²) in [5.41, 5.74) is 0.398. The zero-order valence-corrected chi connectivity index (χ0v) is 8.98. The van der Waals surface area contributed by atoms with Gasteiger partial charge in [-0.15, -0.1) is 0 Å². The van der Waals surface area contributed by atoms with E-state index in [-0.39, 0.29) is 24.4 Å². The topological polar surface area (TPSA) is 63.6 Å². The number of esters is 1. The van der Waals surface area contributed by atoms with Crippen LogP contribution in [0.4, 0.5) is 4.39 Å². The van der Waals surface area contributed by atoms with Crippen molar-refractivity contribution < 1.29 is 23.8 Å². The molecule has 0 unspecified atom stereocenters. The Labute approximate surface area is 97.3 Å². The second-order valence-electron chi connectivity index (χ2n) is 3.37. The van der Waals surface area contributed by atoms with E-state index in [0.717, 1.165) is 0 Å². The molecule has 0 saturated carbocycles. The Bertz CT molecular complexity index is 436. The van der Waals surface area contributed by atoms with Gasteiger partial charge in [-0.3, -0.25) is 4.79 Å². The molecule has 1 aromatic rings. The lowest BCUT2D eigenvalue weighted by atomic mass is 10.2. The molecule has 1 N–H and O–H groups in total. The number of rotatable bonds is 5. The normalized spacial score (nSPS) is 9.71. The van der Waals surface area contributed by atoms with Crippen LogP contribution in [-0.2, 0) is 20.9 Å². The molecule has 4 nitrogen and oxygen atoms in total. The summed E-state index contributed by atoms with van der Waals surface area (Å²) < 4.78 is 17.4. The zero-order chi connectivity index (χ0) is 12.8. The molecular weight excluding hydrogens is 227 g/mol. The Balaban J connectivity index is 2.41. The summed E-state index contributed by atoms with van der Waals surface area (Å²) in [4.78, 5) is 21.6. The summed E-state index contributed by atoms with van der Waals surface area (Å²) in [5, 5.41) is 8.50. The molecule has 0 aliphatic carbocycles. The quantitative estimate of drug-likeness (QED) is 0.628. The van der Waals surface area contributed by atoms with Gasteiger partial charge in [0.2, 0.25) is 0 Å². The van der Waals surface area contributed by atoms with E-state index >= 15 is 0 Å². The first-order chi connectivity index (χ1) is 7.99. The lowest BCUT2D eigenvalue weighted by Gasteiger charge is -2.04. The zero-order valence-electron chi connectivity index (χ0n) is 8.98. The lowest BCUT2D eigenvalue weighted by molar-refractivity contribution is -0.145. The first kappa shape index (κ1) is 12.9. The molecule has 0 radical (unpaired) electrons. The Morgan fingerprint density at radius 1 is 1.29 bits per heavy atom. The van der Waals surface area contributed by atoms with Crippen LogP contribution in [0.1, 0.15) is 12.0 Å². The minimum absolute atomic E-state index is 0.0218. The SMILES string of the molecule is C=C(CC(=O)OCc1ccc(F)cc1)C(=O)O. The molecule has 1 rings (SSSR count). The number of benzene rings is 1. The van der Waals surface area contributed by atoms with Gasteiger partial charge in [0.25, 0.3) is 0 Å². The average Bonchev–Trinajstić information content (AvgIpc) is 2.28. The van der Waals surface area contributed by atoms with Crippen molar-refractivity contribution in [2.24, 2.45) is 0 Å². The number of aliphatic carboxylic acids is 1. The highest BCUT2D eigenvalue weighted by molar-refractivity contribution is 5.91. The van der Waals surface area contributed by atoms with Crippen molar-refractivity contribution >= 4 is 11.9 Å². The Morgan fingerprint density at radius 2 is 1.88 bits per heavy atom. The molecule has 0 heterocycles. The van der Waals surface area contributed by atoms with E-state index in [2.05, 4.69) is 6.58 Å². The van der Waals surface area contributed by atoms with Gasteiger partial charge in [0.15, 0.2) is 0 Å². The molecule has 0 fully saturated rings. The number of carbonyl (C=O) groups is 2. The maximum Gasteiger partial charge on any atom is 0.331 e. The van der Waals surface area contributed by atoms with Crippen molar-refractivity contribution in [2.45, 2.75) is 13.0 Å². The predicted octanol–water partition coefficient (Wildman–Crippen LogP) is 1.90. The van der Waals surface area contributed by atoms with Crippen LogP contribution in [0.5, 0.6) is 0 Å². The number of halogens is 1. The molecule has 0 bridgehead atoms. The van der Waals surface area contributed by atoms with E-state index in [9.17, 15) is 14.0 Å². The largest absolute Gasteiger partial charge is 0.478 e. The van der Waals surface area contributed by atoms with E-state index in [1.165, 1.54) is 24.3 Å². The Morgan fingerprint density at radius 3 is 2.41 bits per heavy atom. The van der Waals surface area contributed by atoms with E-state index in [1.54, 1.807) is 0 Å². The van der Waals surface area contributed by atoms with Crippen LogP contribution < -0.4 is 0 Å². The molecule has 0 aliphatic rings. The van der Waals surface area contributed by atoms with Gasteiger partial charge in [-0.25, -0.2) is 9.18 Å². The fraction of sp³-hybridized carbons (Fsp3) is 0.167. The molecule has 0 amide bonds. The molecule has 0 saturated heterocycles. The number of carboxylic acids is 1. The molecule has 17 heavy (non-hydrogen) atoms. The third-order valence-corrected chi connectivity index (χ3v) is 1.97. The molecule has 1 aromatic carbocycles. The van der Waals surface area contributed by atoms with Crippen LogP contribution in [0, 0.1) is 5.82 Å². The molecule has 5 heteroatoms. The number of hydrogen-bond acceptors (Lipinski definition) is 3. The van der Waals surface area contributed by atoms with Crippen molar-refractivity contribution in [3.63, 3.8) is 0 Å². The highest BCUT2D eigenvalue weighted by Gasteiger charge is 2.11. The highest BCUT2D eigenvalue weighted by Crippen LogP contribution is 2.06. The lowest BCUT2D eigenvalue weighted by Crippen LogP contribution is -2.09. The van der Waals surface area contributed by atoms with Gasteiger partial charge in [0.1, 0.15) is 12.4 Å². The summed E-state index contributed by atoms with van der Waals surface area (Å²) in [6.45, 7) is 3.19. The van der Waals surface area contributed by atoms with Crippen LogP contribution in [0.15, 0.2) is 36.4 Å². The highest BCUT2D eigenvalue weighted by atomic mass is 19.1. The third kappa shape index (κ3) is 4.46. The number of hydrogen-bond donors (Lipinski definition) is 1. The third-order valence-electron chi connectivity index (χ3n) is 1.97. The van der Waals surface area contributed by atoms with E-state index in [1.807, 2.05) is 0 Å². The van der Waals surface area contributed by atoms with Crippen LogP contribution in [0.2, 0.25) is 0 Å². The van der Waals surface area contributed by atoms with Gasteiger partial charge in [-0.05, 0) is 17.7 Å². The molecule has 0 spiro atoms. The fourth-order valence-electron chi connectivity index (χ4n) is 1.05. The van der Waals surface area contributed by atoms with Crippen molar-refractivity contribution in [1.29, 1.82) is 0 Å². The van der Waals surface area contributed by atoms with Gasteiger partial charge < -0.3 is 9.84 Å². The summed E-state index contributed by atoms with van der Waals surface area (Å²) in [7, 11) is 0. The summed E-state index contributed by atoms with van der Waals surface area (Å²) >= 11 is 0. The van der Waals surface area contributed by atoms with Crippen LogP contribution in [0.25, 0.3) is 0 Å². The van der Waals surface area contributed by atoms with Crippen LogP contribution in [0.3, 0.4) is 0 Å². The first-order valence-corrected chi connectivity index (χ1v) is 4.80. The standard InChI is InChI=1S/C12H11FO4/c1-8(12(15)16)6-11(14)17-7-9-2-4-10(13)5-3-9/h2-5H,1,6-7H2,(H,15,16). The molecule has 0 aromatic heterocycles. The maximum absolute atomic E-state index is 12.6. The monoisotopic (exact) mass is 238 g/mol. The average molecular weight is 238 g/mol. The van der Waals surface area contributed by atoms with Gasteiger partial charge in [0.05, 0.1) is 6.42 Å². The second kappa shape index (κ2) is 5.79. The molecular formula is C12H11FO4. The fourth-order valence-corrected chi connectivity index (χ4v) is 1.05. The Hall–Kier alpha value is -2.17. The van der Waals surface area contributed by atoms with Crippen molar-refractivity contribution in [3.8, 4) is 0 Å². The number of carbonyl (C=O) groups excluding carboxylic acids is 1. The maximum atomic E-state index is 12.6. The van der Waals surface area contributed by atoms with Gasteiger partial charge in [-0.2, -0.15) is 0 Å². The van der Waals surface area contributed by atoms with Crippen molar-refractivity contribution in [3.05, 3.63) is 47.8 Å². The minimum Gasteiger partial charge on any atom is -0.478 e. The van der Waals surface area contributed by atoms with Crippen molar-refractivity contribution in [2.75, 3.05) is 0 Å². The van der Waals surface area contributed by atoms with Gasteiger partial charge in [0, 0.05) is 5.57 Å².